The third-order valence-electron chi connectivity index (χ3n) is 4.31. The second-order valence-corrected chi connectivity index (χ2v) is 7.43. The predicted octanol–water partition coefficient (Wildman–Crippen LogP) is 1.27. The fourth-order valence-corrected chi connectivity index (χ4v) is 3.98. The van der Waals surface area contributed by atoms with Crippen LogP contribution in [0.4, 0.5) is 5.13 Å². The van der Waals surface area contributed by atoms with Crippen LogP contribution in [0.1, 0.15) is 19.3 Å². The Hall–Kier alpha value is -1.18. The number of likely N-dealkylation sites (N-methyl/N-ethyl adjacent to an activating group) is 1. The van der Waals surface area contributed by atoms with Gasteiger partial charge in [0.1, 0.15) is 0 Å². The highest BCUT2D eigenvalue weighted by Gasteiger charge is 2.44. The summed E-state index contributed by atoms with van der Waals surface area (Å²) >= 11 is 1.61. The fraction of sp³-hybridized carbons (Fsp3) is 0.733. The molecule has 1 amide bonds. The second kappa shape index (κ2) is 6.52. The van der Waals surface area contributed by atoms with E-state index in [1.807, 2.05) is 29.3 Å². The highest BCUT2D eigenvalue weighted by molar-refractivity contribution is 7.13. The Labute approximate surface area is 135 Å². The zero-order chi connectivity index (χ0) is 15.6. The van der Waals surface area contributed by atoms with Crippen LogP contribution in [0.25, 0.3) is 0 Å². The molecule has 1 spiro atoms. The predicted molar refractivity (Wildman–Crippen MR) is 87.2 cm³/mol. The number of thiazole rings is 1. The molecule has 0 bridgehead atoms. The highest BCUT2D eigenvalue weighted by Crippen LogP contribution is 2.36. The number of hydrogen-bond acceptors (Lipinski definition) is 6. The zero-order valence-corrected chi connectivity index (χ0v) is 14.1. The Morgan fingerprint density at radius 1 is 1.64 bits per heavy atom. The van der Waals surface area contributed by atoms with Crippen molar-refractivity contribution in [1.29, 1.82) is 0 Å². The van der Waals surface area contributed by atoms with Crippen LogP contribution in [0, 0.1) is 0 Å². The summed E-state index contributed by atoms with van der Waals surface area (Å²) in [5.41, 5.74) is -0.171. The summed E-state index contributed by atoms with van der Waals surface area (Å²) in [4.78, 5) is 20.5. The maximum atomic E-state index is 12.3. The molecule has 3 rings (SSSR count). The van der Waals surface area contributed by atoms with Crippen molar-refractivity contribution in [2.45, 2.75) is 30.9 Å². The van der Waals surface area contributed by atoms with E-state index >= 15 is 0 Å². The number of nitrogens with zero attached hydrogens (tertiary/aromatic N) is 3. The van der Waals surface area contributed by atoms with Crippen LogP contribution in [-0.2, 0) is 9.53 Å². The van der Waals surface area contributed by atoms with Crippen molar-refractivity contribution < 1.29 is 9.53 Å². The van der Waals surface area contributed by atoms with Gasteiger partial charge in [-0.25, -0.2) is 4.98 Å². The number of likely N-dealkylation sites (tertiary alicyclic amines) is 1. The Balaban J connectivity index is 1.58. The van der Waals surface area contributed by atoms with Crippen LogP contribution in [0.15, 0.2) is 11.6 Å². The molecule has 1 aromatic rings. The molecular weight excluding hydrogens is 300 g/mol. The van der Waals surface area contributed by atoms with Gasteiger partial charge in [0.2, 0.25) is 5.91 Å². The van der Waals surface area contributed by atoms with E-state index in [-0.39, 0.29) is 17.6 Å². The molecule has 1 N–H and O–H groups in total. The number of amides is 1. The SMILES string of the molecule is CN(C)CC(=O)N1CCC[C@@]2(C[C@H](Nc3nccs3)CO2)C1. The van der Waals surface area contributed by atoms with Gasteiger partial charge in [-0.3, -0.25) is 4.79 Å². The third-order valence-corrected chi connectivity index (χ3v) is 5.02. The highest BCUT2D eigenvalue weighted by atomic mass is 32.1. The standard InChI is InChI=1S/C15H24N4O2S/c1-18(2)9-13(20)19-6-3-4-15(11-19)8-12(10-21-15)17-14-16-5-7-22-14/h5,7,12H,3-4,6,8-11H2,1-2H3,(H,16,17)/t12-,15+/m0/s1. The first-order valence-corrected chi connectivity index (χ1v) is 8.67. The van der Waals surface area contributed by atoms with E-state index in [1.54, 1.807) is 17.5 Å². The van der Waals surface area contributed by atoms with E-state index in [0.717, 1.165) is 37.5 Å². The smallest absolute Gasteiger partial charge is 0.236 e. The molecule has 7 heteroatoms. The number of aromatic nitrogens is 1. The number of carbonyl (C=O) groups is 1. The van der Waals surface area contributed by atoms with Crippen molar-refractivity contribution in [3.05, 3.63) is 11.6 Å². The lowest BCUT2D eigenvalue weighted by Crippen LogP contribution is -2.52. The number of carbonyl (C=O) groups excluding carboxylic acids is 1. The molecule has 6 nitrogen and oxygen atoms in total. The monoisotopic (exact) mass is 324 g/mol. The van der Waals surface area contributed by atoms with E-state index in [1.165, 1.54) is 0 Å². The average Bonchev–Trinajstić information content (AvgIpc) is 3.10. The van der Waals surface area contributed by atoms with Gasteiger partial charge in [-0.1, -0.05) is 0 Å². The van der Waals surface area contributed by atoms with Gasteiger partial charge in [0, 0.05) is 31.1 Å². The van der Waals surface area contributed by atoms with Crippen LogP contribution >= 0.6 is 11.3 Å². The molecule has 2 aliphatic rings. The number of ether oxygens (including phenoxy) is 1. The summed E-state index contributed by atoms with van der Waals surface area (Å²) in [5.74, 6) is 0.198. The summed E-state index contributed by atoms with van der Waals surface area (Å²) in [7, 11) is 3.86. The quantitative estimate of drug-likeness (QED) is 0.904. The molecule has 0 aliphatic carbocycles. The van der Waals surface area contributed by atoms with Crippen LogP contribution in [0.3, 0.4) is 0 Å². The first-order valence-electron chi connectivity index (χ1n) is 7.79. The van der Waals surface area contributed by atoms with Gasteiger partial charge < -0.3 is 19.9 Å². The summed E-state index contributed by atoms with van der Waals surface area (Å²) < 4.78 is 6.14. The lowest BCUT2D eigenvalue weighted by molar-refractivity contribution is -0.139. The Morgan fingerprint density at radius 3 is 3.23 bits per heavy atom. The van der Waals surface area contributed by atoms with Crippen LogP contribution in [0.2, 0.25) is 0 Å². The van der Waals surface area contributed by atoms with E-state index in [0.29, 0.717) is 13.2 Å². The zero-order valence-electron chi connectivity index (χ0n) is 13.2. The minimum atomic E-state index is -0.171. The summed E-state index contributed by atoms with van der Waals surface area (Å²) in [5, 5.41) is 6.35. The molecular formula is C15H24N4O2S. The molecule has 0 aromatic carbocycles. The van der Waals surface area contributed by atoms with Crippen molar-refractivity contribution in [2.75, 3.05) is 45.7 Å². The van der Waals surface area contributed by atoms with Gasteiger partial charge in [-0.2, -0.15) is 0 Å². The van der Waals surface area contributed by atoms with Crippen molar-refractivity contribution >= 4 is 22.4 Å². The fourth-order valence-electron chi connectivity index (χ4n) is 3.37. The second-order valence-electron chi connectivity index (χ2n) is 6.53. The van der Waals surface area contributed by atoms with E-state index < -0.39 is 0 Å². The van der Waals surface area contributed by atoms with Crippen molar-refractivity contribution in [3.63, 3.8) is 0 Å². The molecule has 2 saturated heterocycles. The van der Waals surface area contributed by atoms with Crippen LogP contribution in [0.5, 0.6) is 0 Å². The summed E-state index contributed by atoms with van der Waals surface area (Å²) in [6.07, 6.45) is 4.80. The van der Waals surface area contributed by atoms with Crippen molar-refractivity contribution in [1.82, 2.24) is 14.8 Å². The van der Waals surface area contributed by atoms with Gasteiger partial charge in [-0.05, 0) is 26.9 Å². The molecule has 122 valence electrons. The number of hydrogen-bond donors (Lipinski definition) is 1. The molecule has 2 atom stereocenters. The molecule has 0 saturated carbocycles. The lowest BCUT2D eigenvalue weighted by atomic mass is 9.88. The van der Waals surface area contributed by atoms with Gasteiger partial charge >= 0.3 is 0 Å². The van der Waals surface area contributed by atoms with Crippen molar-refractivity contribution in [3.8, 4) is 0 Å². The topological polar surface area (TPSA) is 57.7 Å². The van der Waals surface area contributed by atoms with Gasteiger partial charge in [-0.15, -0.1) is 11.3 Å². The lowest BCUT2D eigenvalue weighted by Gasteiger charge is -2.40. The molecule has 3 heterocycles. The average molecular weight is 324 g/mol. The van der Waals surface area contributed by atoms with E-state index in [4.69, 9.17) is 4.74 Å². The van der Waals surface area contributed by atoms with Gasteiger partial charge in [0.25, 0.3) is 0 Å². The molecule has 0 radical (unpaired) electrons. The van der Waals surface area contributed by atoms with Gasteiger partial charge in [0.05, 0.1) is 24.8 Å². The Kier molecular flexibility index (Phi) is 4.65. The summed E-state index contributed by atoms with van der Waals surface area (Å²) in [6, 6.07) is 0.287. The van der Waals surface area contributed by atoms with Gasteiger partial charge in [0.15, 0.2) is 5.13 Å². The number of rotatable bonds is 4. The first-order chi connectivity index (χ1) is 10.6. The van der Waals surface area contributed by atoms with E-state index in [2.05, 4.69) is 10.3 Å². The minimum absolute atomic E-state index is 0.171. The molecule has 2 fully saturated rings. The van der Waals surface area contributed by atoms with Crippen LogP contribution < -0.4 is 5.32 Å². The Bertz CT molecular complexity index is 508. The molecule has 1 aromatic heterocycles. The maximum Gasteiger partial charge on any atom is 0.236 e. The number of piperidine rings is 1. The normalized spacial score (nSPS) is 28.5. The first kappa shape index (κ1) is 15.7. The summed E-state index contributed by atoms with van der Waals surface area (Å²) in [6.45, 7) is 2.73. The van der Waals surface area contributed by atoms with Crippen LogP contribution in [-0.4, -0.2) is 72.7 Å². The Morgan fingerprint density at radius 2 is 2.50 bits per heavy atom. The van der Waals surface area contributed by atoms with Crippen molar-refractivity contribution in [2.24, 2.45) is 0 Å². The molecule has 22 heavy (non-hydrogen) atoms. The maximum absolute atomic E-state index is 12.3. The third kappa shape index (κ3) is 3.59. The largest absolute Gasteiger partial charge is 0.371 e. The molecule has 0 unspecified atom stereocenters. The number of anilines is 1. The minimum Gasteiger partial charge on any atom is -0.371 e. The number of nitrogens with one attached hydrogen (secondary N) is 1. The molecule has 2 aliphatic heterocycles. The van der Waals surface area contributed by atoms with E-state index in [9.17, 15) is 4.79 Å².